The van der Waals surface area contributed by atoms with Crippen LogP contribution in [0.1, 0.15) is 63.1 Å². The first-order valence-corrected chi connectivity index (χ1v) is 7.43. The smallest absolute Gasteiger partial charge is 0.150 e. The maximum Gasteiger partial charge on any atom is 0.150 e. The molecule has 0 spiro atoms. The molecule has 2 N–H and O–H groups in total. The number of aromatic nitrogens is 3. The molecule has 2 aliphatic rings. The van der Waals surface area contributed by atoms with Gasteiger partial charge in [-0.3, -0.25) is 0 Å². The van der Waals surface area contributed by atoms with Crippen LogP contribution in [-0.2, 0) is 13.0 Å². The summed E-state index contributed by atoms with van der Waals surface area (Å²) in [6.45, 7) is 3.35. The van der Waals surface area contributed by atoms with Gasteiger partial charge in [-0.15, -0.1) is 10.2 Å². The van der Waals surface area contributed by atoms with E-state index in [9.17, 15) is 0 Å². The lowest BCUT2D eigenvalue weighted by Crippen LogP contribution is -2.28. The summed E-state index contributed by atoms with van der Waals surface area (Å²) in [4.78, 5) is 0. The van der Waals surface area contributed by atoms with Crippen molar-refractivity contribution < 1.29 is 0 Å². The Morgan fingerprint density at radius 1 is 1.17 bits per heavy atom. The molecule has 0 radical (unpaired) electrons. The third-order valence-corrected chi connectivity index (χ3v) is 4.69. The van der Waals surface area contributed by atoms with Crippen molar-refractivity contribution in [3.05, 3.63) is 11.6 Å². The molecule has 18 heavy (non-hydrogen) atoms. The van der Waals surface area contributed by atoms with Crippen LogP contribution in [0.2, 0.25) is 0 Å². The van der Waals surface area contributed by atoms with E-state index in [1.165, 1.54) is 38.5 Å². The molecule has 2 heterocycles. The highest BCUT2D eigenvalue weighted by Crippen LogP contribution is 2.33. The van der Waals surface area contributed by atoms with Gasteiger partial charge in [-0.25, -0.2) is 0 Å². The van der Waals surface area contributed by atoms with Crippen LogP contribution in [0.3, 0.4) is 0 Å². The van der Waals surface area contributed by atoms with Crippen molar-refractivity contribution in [3.8, 4) is 0 Å². The second-order valence-electron chi connectivity index (χ2n) is 6.15. The van der Waals surface area contributed by atoms with Crippen molar-refractivity contribution in [2.24, 2.45) is 17.6 Å². The molecule has 0 bridgehead atoms. The monoisotopic (exact) mass is 248 g/mol. The number of hydrogen-bond acceptors (Lipinski definition) is 3. The second kappa shape index (κ2) is 5.00. The Bertz CT molecular complexity index is 406. The van der Waals surface area contributed by atoms with Crippen molar-refractivity contribution in [1.82, 2.24) is 14.8 Å². The van der Waals surface area contributed by atoms with E-state index in [1.807, 2.05) is 0 Å². The summed E-state index contributed by atoms with van der Waals surface area (Å²) < 4.78 is 2.29. The Balaban J connectivity index is 1.79. The van der Waals surface area contributed by atoms with Crippen LogP contribution in [0.4, 0.5) is 0 Å². The predicted octanol–water partition coefficient (Wildman–Crippen LogP) is 2.44. The van der Waals surface area contributed by atoms with E-state index in [1.54, 1.807) is 0 Å². The Labute approximate surface area is 109 Å². The standard InChI is InChI=1S/C14H24N4/c1-10-7-8-18-12(9-10)16-17-14(18)13(15)11-5-3-2-4-6-11/h10-11,13H,2-9,15H2,1H3. The molecule has 2 unspecified atom stereocenters. The van der Waals surface area contributed by atoms with Gasteiger partial charge < -0.3 is 10.3 Å². The summed E-state index contributed by atoms with van der Waals surface area (Å²) in [7, 11) is 0. The Morgan fingerprint density at radius 3 is 2.72 bits per heavy atom. The van der Waals surface area contributed by atoms with Gasteiger partial charge in [0, 0.05) is 13.0 Å². The Kier molecular flexibility index (Phi) is 3.37. The molecule has 0 saturated heterocycles. The normalized spacial score (nSPS) is 26.9. The second-order valence-corrected chi connectivity index (χ2v) is 6.15. The molecule has 3 rings (SSSR count). The lowest BCUT2D eigenvalue weighted by Gasteiger charge is -2.28. The van der Waals surface area contributed by atoms with Gasteiger partial charge in [0.25, 0.3) is 0 Å². The lowest BCUT2D eigenvalue weighted by atomic mass is 9.84. The minimum absolute atomic E-state index is 0.0972. The molecule has 1 aromatic rings. The highest BCUT2D eigenvalue weighted by molar-refractivity contribution is 5.05. The van der Waals surface area contributed by atoms with E-state index < -0.39 is 0 Å². The fraction of sp³-hybridized carbons (Fsp3) is 0.857. The van der Waals surface area contributed by atoms with Gasteiger partial charge in [0.1, 0.15) is 11.6 Å². The van der Waals surface area contributed by atoms with Crippen molar-refractivity contribution >= 4 is 0 Å². The predicted molar refractivity (Wildman–Crippen MR) is 71.0 cm³/mol. The molecule has 1 fully saturated rings. The van der Waals surface area contributed by atoms with E-state index in [0.29, 0.717) is 5.92 Å². The molecule has 100 valence electrons. The summed E-state index contributed by atoms with van der Waals surface area (Å²) >= 11 is 0. The topological polar surface area (TPSA) is 56.7 Å². The average Bonchev–Trinajstić information content (AvgIpc) is 2.81. The summed E-state index contributed by atoms with van der Waals surface area (Å²) in [6, 6.07) is 0.0972. The van der Waals surface area contributed by atoms with Crippen molar-refractivity contribution in [1.29, 1.82) is 0 Å². The molecule has 1 saturated carbocycles. The van der Waals surface area contributed by atoms with E-state index in [0.717, 1.165) is 30.5 Å². The molecule has 1 aliphatic carbocycles. The fourth-order valence-corrected chi connectivity index (χ4v) is 3.46. The van der Waals surface area contributed by atoms with Gasteiger partial charge in [-0.1, -0.05) is 26.2 Å². The first-order chi connectivity index (χ1) is 8.75. The quantitative estimate of drug-likeness (QED) is 0.874. The number of rotatable bonds is 2. The van der Waals surface area contributed by atoms with Crippen LogP contribution < -0.4 is 5.73 Å². The van der Waals surface area contributed by atoms with Gasteiger partial charge in [-0.05, 0) is 31.1 Å². The highest BCUT2D eigenvalue weighted by atomic mass is 15.3. The summed E-state index contributed by atoms with van der Waals surface area (Å²) in [5, 5.41) is 8.75. The maximum atomic E-state index is 6.45. The molecular weight excluding hydrogens is 224 g/mol. The first kappa shape index (κ1) is 12.2. The van der Waals surface area contributed by atoms with E-state index in [2.05, 4.69) is 21.7 Å². The van der Waals surface area contributed by atoms with Crippen LogP contribution in [0.25, 0.3) is 0 Å². The molecule has 4 heteroatoms. The zero-order valence-corrected chi connectivity index (χ0v) is 11.3. The van der Waals surface area contributed by atoms with Gasteiger partial charge in [-0.2, -0.15) is 0 Å². The van der Waals surface area contributed by atoms with E-state index in [-0.39, 0.29) is 6.04 Å². The fourth-order valence-electron chi connectivity index (χ4n) is 3.46. The van der Waals surface area contributed by atoms with Gasteiger partial charge in [0.15, 0.2) is 0 Å². The highest BCUT2D eigenvalue weighted by Gasteiger charge is 2.28. The number of nitrogens with zero attached hydrogens (tertiary/aromatic N) is 3. The van der Waals surface area contributed by atoms with Crippen LogP contribution >= 0.6 is 0 Å². The first-order valence-electron chi connectivity index (χ1n) is 7.43. The summed E-state index contributed by atoms with van der Waals surface area (Å²) in [6.07, 6.45) is 8.85. The SMILES string of the molecule is CC1CCn2c(nnc2C(N)C2CCCCC2)C1. The zero-order chi connectivity index (χ0) is 12.5. The van der Waals surface area contributed by atoms with Crippen LogP contribution in [-0.4, -0.2) is 14.8 Å². The Morgan fingerprint density at radius 2 is 1.94 bits per heavy atom. The molecule has 1 aromatic heterocycles. The van der Waals surface area contributed by atoms with Crippen LogP contribution in [0.5, 0.6) is 0 Å². The molecule has 1 aliphatic heterocycles. The number of nitrogens with two attached hydrogens (primary N) is 1. The molecular formula is C14H24N4. The van der Waals surface area contributed by atoms with Crippen molar-refractivity contribution in [2.75, 3.05) is 0 Å². The molecule has 0 aromatic carbocycles. The maximum absolute atomic E-state index is 6.45. The van der Waals surface area contributed by atoms with Crippen molar-refractivity contribution in [2.45, 2.75) is 64.5 Å². The summed E-state index contributed by atoms with van der Waals surface area (Å²) in [5.74, 6) is 3.55. The number of fused-ring (bicyclic) bond motifs is 1. The van der Waals surface area contributed by atoms with Gasteiger partial charge in [0.05, 0.1) is 6.04 Å². The number of hydrogen-bond donors (Lipinski definition) is 1. The molecule has 4 nitrogen and oxygen atoms in total. The molecule has 0 amide bonds. The minimum Gasteiger partial charge on any atom is -0.321 e. The van der Waals surface area contributed by atoms with E-state index >= 15 is 0 Å². The zero-order valence-electron chi connectivity index (χ0n) is 11.3. The van der Waals surface area contributed by atoms with Crippen LogP contribution in [0.15, 0.2) is 0 Å². The lowest BCUT2D eigenvalue weighted by molar-refractivity contribution is 0.290. The van der Waals surface area contributed by atoms with Crippen LogP contribution in [0, 0.1) is 11.8 Å². The van der Waals surface area contributed by atoms with Crippen molar-refractivity contribution in [3.63, 3.8) is 0 Å². The third kappa shape index (κ3) is 2.18. The molecule has 2 atom stereocenters. The van der Waals surface area contributed by atoms with Gasteiger partial charge >= 0.3 is 0 Å². The largest absolute Gasteiger partial charge is 0.321 e. The average molecular weight is 248 g/mol. The third-order valence-electron chi connectivity index (χ3n) is 4.69. The van der Waals surface area contributed by atoms with Gasteiger partial charge in [0.2, 0.25) is 0 Å². The minimum atomic E-state index is 0.0972. The Hall–Kier alpha value is -0.900. The van der Waals surface area contributed by atoms with E-state index in [4.69, 9.17) is 5.73 Å². The summed E-state index contributed by atoms with van der Waals surface area (Å²) in [5.41, 5.74) is 6.45.